The molecule has 25 heavy (non-hydrogen) atoms. The number of amides is 1. The summed E-state index contributed by atoms with van der Waals surface area (Å²) in [5, 5.41) is 6.30. The van der Waals surface area contributed by atoms with E-state index in [0.29, 0.717) is 0 Å². The zero-order valence-electron chi connectivity index (χ0n) is 15.1. The molecule has 0 bridgehead atoms. The van der Waals surface area contributed by atoms with Crippen LogP contribution in [0.15, 0.2) is 29.6 Å². The molecule has 5 heteroatoms. The first kappa shape index (κ1) is 18.1. The van der Waals surface area contributed by atoms with Crippen molar-refractivity contribution in [1.82, 2.24) is 10.3 Å². The predicted octanol–water partition coefficient (Wildman–Crippen LogP) is 4.50. The fraction of sp³-hybridized carbons (Fsp3) is 0.500. The minimum Gasteiger partial charge on any atom is -0.377 e. The second-order valence-electron chi connectivity index (χ2n) is 6.67. The third-order valence-corrected chi connectivity index (χ3v) is 5.64. The molecule has 1 aliphatic rings. The van der Waals surface area contributed by atoms with Gasteiger partial charge in [-0.05, 0) is 38.7 Å². The van der Waals surface area contributed by atoms with Gasteiger partial charge in [0.15, 0.2) is 0 Å². The lowest BCUT2D eigenvalue weighted by atomic mass is 9.91. The molecule has 1 aromatic heterocycles. The number of rotatable bonds is 5. The molecule has 1 amide bonds. The van der Waals surface area contributed by atoms with E-state index >= 15 is 0 Å². The second kappa shape index (κ2) is 8.11. The molecule has 1 aromatic carbocycles. The second-order valence-corrected chi connectivity index (χ2v) is 7.73. The standard InChI is InChI=1S/C20H26N2O2S/c1-4-19-17(6-5-11-24-19)20(23)21-13(2)15-7-9-16(10-8-15)18-12-25-14(3)22-18/h7-10,12-13,17,19H,4-6,11H2,1-3H3,(H,21,23). The summed E-state index contributed by atoms with van der Waals surface area (Å²) in [6.45, 7) is 6.90. The van der Waals surface area contributed by atoms with Crippen LogP contribution in [0.25, 0.3) is 11.3 Å². The Labute approximate surface area is 153 Å². The fourth-order valence-electron chi connectivity index (χ4n) is 3.38. The molecule has 0 radical (unpaired) electrons. The van der Waals surface area contributed by atoms with E-state index in [1.807, 2.05) is 13.8 Å². The van der Waals surface area contributed by atoms with Crippen LogP contribution in [0.4, 0.5) is 0 Å². The summed E-state index contributed by atoms with van der Waals surface area (Å²) in [6.07, 6.45) is 2.81. The predicted molar refractivity (Wildman–Crippen MR) is 102 cm³/mol. The molecule has 0 aliphatic carbocycles. The summed E-state index contributed by atoms with van der Waals surface area (Å²) in [5.74, 6) is 0.0803. The molecule has 0 saturated carbocycles. The Morgan fingerprint density at radius 2 is 2.16 bits per heavy atom. The number of benzene rings is 1. The first-order chi connectivity index (χ1) is 12.1. The maximum absolute atomic E-state index is 12.6. The van der Waals surface area contributed by atoms with Gasteiger partial charge in [0.2, 0.25) is 5.91 Å². The smallest absolute Gasteiger partial charge is 0.226 e. The van der Waals surface area contributed by atoms with Crippen molar-refractivity contribution < 1.29 is 9.53 Å². The molecule has 1 N–H and O–H groups in total. The minimum atomic E-state index is -0.0292. The highest BCUT2D eigenvalue weighted by Crippen LogP contribution is 2.26. The molecule has 1 fully saturated rings. The first-order valence-electron chi connectivity index (χ1n) is 9.03. The lowest BCUT2D eigenvalue weighted by Crippen LogP contribution is -2.42. The average molecular weight is 359 g/mol. The topological polar surface area (TPSA) is 51.2 Å². The maximum atomic E-state index is 12.6. The number of thiazole rings is 1. The molecule has 3 atom stereocenters. The van der Waals surface area contributed by atoms with Gasteiger partial charge in [0.1, 0.15) is 0 Å². The summed E-state index contributed by atoms with van der Waals surface area (Å²) < 4.78 is 5.75. The minimum absolute atomic E-state index is 0.0156. The summed E-state index contributed by atoms with van der Waals surface area (Å²) >= 11 is 1.66. The molecule has 4 nitrogen and oxygen atoms in total. The number of ether oxygens (including phenoxy) is 1. The number of aryl methyl sites for hydroxylation is 1. The Morgan fingerprint density at radius 3 is 2.80 bits per heavy atom. The summed E-state index contributed by atoms with van der Waals surface area (Å²) in [6, 6.07) is 8.28. The zero-order chi connectivity index (χ0) is 17.8. The quantitative estimate of drug-likeness (QED) is 0.856. The number of aromatic nitrogens is 1. The van der Waals surface area contributed by atoms with Crippen molar-refractivity contribution in [3.05, 3.63) is 40.2 Å². The van der Waals surface area contributed by atoms with E-state index in [0.717, 1.165) is 47.7 Å². The Balaban J connectivity index is 1.64. The Bertz CT molecular complexity index is 711. The number of nitrogens with one attached hydrogen (secondary N) is 1. The molecular weight excluding hydrogens is 332 g/mol. The van der Waals surface area contributed by atoms with Gasteiger partial charge in [-0.15, -0.1) is 11.3 Å². The van der Waals surface area contributed by atoms with E-state index in [-0.39, 0.29) is 24.0 Å². The van der Waals surface area contributed by atoms with Crippen LogP contribution in [0.3, 0.4) is 0 Å². The highest BCUT2D eigenvalue weighted by Gasteiger charge is 2.31. The molecule has 3 unspecified atom stereocenters. The molecule has 1 aliphatic heterocycles. The van der Waals surface area contributed by atoms with Crippen molar-refractivity contribution in [2.45, 2.75) is 52.2 Å². The van der Waals surface area contributed by atoms with Gasteiger partial charge >= 0.3 is 0 Å². The van der Waals surface area contributed by atoms with Crippen LogP contribution in [0.2, 0.25) is 0 Å². The van der Waals surface area contributed by atoms with Gasteiger partial charge in [-0.2, -0.15) is 0 Å². The van der Waals surface area contributed by atoms with Crippen LogP contribution in [-0.4, -0.2) is 23.6 Å². The normalized spacial score (nSPS) is 21.7. The fourth-order valence-corrected chi connectivity index (χ4v) is 4.01. The molecule has 0 spiro atoms. The van der Waals surface area contributed by atoms with E-state index < -0.39 is 0 Å². The van der Waals surface area contributed by atoms with Crippen molar-refractivity contribution >= 4 is 17.2 Å². The number of nitrogens with zero attached hydrogens (tertiary/aromatic N) is 1. The van der Waals surface area contributed by atoms with Gasteiger partial charge in [0, 0.05) is 17.6 Å². The van der Waals surface area contributed by atoms with Crippen LogP contribution in [-0.2, 0) is 9.53 Å². The lowest BCUT2D eigenvalue weighted by molar-refractivity contribution is -0.135. The van der Waals surface area contributed by atoms with Crippen LogP contribution >= 0.6 is 11.3 Å². The van der Waals surface area contributed by atoms with E-state index in [2.05, 4.69) is 46.9 Å². The summed E-state index contributed by atoms with van der Waals surface area (Å²) in [7, 11) is 0. The Hall–Kier alpha value is -1.72. The van der Waals surface area contributed by atoms with Gasteiger partial charge in [-0.3, -0.25) is 4.79 Å². The largest absolute Gasteiger partial charge is 0.377 e. The zero-order valence-corrected chi connectivity index (χ0v) is 15.9. The van der Waals surface area contributed by atoms with Gasteiger partial charge < -0.3 is 10.1 Å². The third-order valence-electron chi connectivity index (χ3n) is 4.86. The average Bonchev–Trinajstić information content (AvgIpc) is 3.08. The number of hydrogen-bond donors (Lipinski definition) is 1. The maximum Gasteiger partial charge on any atom is 0.226 e. The van der Waals surface area contributed by atoms with Crippen molar-refractivity contribution in [2.75, 3.05) is 6.61 Å². The third kappa shape index (κ3) is 4.28. The number of carbonyl (C=O) groups excluding carboxylic acids is 1. The van der Waals surface area contributed by atoms with Crippen LogP contribution in [0.5, 0.6) is 0 Å². The monoisotopic (exact) mass is 358 g/mol. The van der Waals surface area contributed by atoms with Crippen molar-refractivity contribution in [1.29, 1.82) is 0 Å². The molecule has 3 rings (SSSR count). The van der Waals surface area contributed by atoms with E-state index in [9.17, 15) is 4.79 Å². The Kier molecular flexibility index (Phi) is 5.86. The number of carbonyl (C=O) groups is 1. The molecule has 2 aromatic rings. The summed E-state index contributed by atoms with van der Waals surface area (Å²) in [5.41, 5.74) is 3.23. The van der Waals surface area contributed by atoms with Crippen LogP contribution in [0.1, 0.15) is 49.7 Å². The molecule has 134 valence electrons. The van der Waals surface area contributed by atoms with Crippen LogP contribution < -0.4 is 5.32 Å². The van der Waals surface area contributed by atoms with Crippen molar-refractivity contribution in [3.63, 3.8) is 0 Å². The van der Waals surface area contributed by atoms with Gasteiger partial charge in [-0.25, -0.2) is 4.98 Å². The lowest BCUT2D eigenvalue weighted by Gasteiger charge is -2.31. The van der Waals surface area contributed by atoms with E-state index in [1.165, 1.54) is 0 Å². The highest BCUT2D eigenvalue weighted by molar-refractivity contribution is 7.09. The highest BCUT2D eigenvalue weighted by atomic mass is 32.1. The molecule has 1 saturated heterocycles. The van der Waals surface area contributed by atoms with Crippen molar-refractivity contribution in [3.8, 4) is 11.3 Å². The summed E-state index contributed by atoms with van der Waals surface area (Å²) in [4.78, 5) is 17.2. The molecule has 2 heterocycles. The van der Waals surface area contributed by atoms with Gasteiger partial charge in [0.05, 0.1) is 28.8 Å². The van der Waals surface area contributed by atoms with Crippen LogP contribution in [0, 0.1) is 12.8 Å². The van der Waals surface area contributed by atoms with E-state index in [1.54, 1.807) is 11.3 Å². The first-order valence-corrected chi connectivity index (χ1v) is 9.91. The van der Waals surface area contributed by atoms with Gasteiger partial charge in [0.25, 0.3) is 0 Å². The van der Waals surface area contributed by atoms with Crippen molar-refractivity contribution in [2.24, 2.45) is 5.92 Å². The SMILES string of the molecule is CCC1OCCCC1C(=O)NC(C)c1ccc(-c2csc(C)n2)cc1. The van der Waals surface area contributed by atoms with Gasteiger partial charge in [-0.1, -0.05) is 31.2 Å². The van der Waals surface area contributed by atoms with E-state index in [4.69, 9.17) is 4.74 Å². The molecular formula is C20H26N2O2S. The number of hydrogen-bond acceptors (Lipinski definition) is 4. The Morgan fingerprint density at radius 1 is 1.40 bits per heavy atom.